The summed E-state index contributed by atoms with van der Waals surface area (Å²) < 4.78 is 9.40. The summed E-state index contributed by atoms with van der Waals surface area (Å²) in [6.45, 7) is 1.67. The fraction of sp³-hybridized carbons (Fsp3) is 0.250. The third-order valence-corrected chi connectivity index (χ3v) is 2.01. The van der Waals surface area contributed by atoms with Crippen LogP contribution in [-0.2, 0) is 14.3 Å². The summed E-state index contributed by atoms with van der Waals surface area (Å²) in [6.07, 6.45) is 0. The normalized spacial score (nSPS) is 9.44. The molecule has 0 aliphatic rings. The first-order valence-corrected chi connectivity index (χ1v) is 5.25. The Bertz CT molecular complexity index is 512. The lowest BCUT2D eigenvalue weighted by Crippen LogP contribution is -2.27. The van der Waals surface area contributed by atoms with Crippen LogP contribution in [-0.4, -0.2) is 25.6 Å². The van der Waals surface area contributed by atoms with Crippen LogP contribution in [0.4, 0.5) is 5.69 Å². The Hall–Kier alpha value is -2.37. The molecule has 1 aromatic carbocycles. The van der Waals surface area contributed by atoms with Crippen LogP contribution < -0.4 is 15.5 Å². The van der Waals surface area contributed by atoms with Crippen LogP contribution in [0, 0.1) is 0 Å². The number of nitrogens with one attached hydrogen (secondary N) is 1. The van der Waals surface area contributed by atoms with Crippen LogP contribution in [0.3, 0.4) is 0 Å². The minimum Gasteiger partial charge on any atom is -0.497 e. The van der Waals surface area contributed by atoms with Crippen LogP contribution in [0.2, 0.25) is 0 Å². The van der Waals surface area contributed by atoms with Crippen molar-refractivity contribution >= 4 is 17.6 Å². The van der Waals surface area contributed by atoms with E-state index in [1.807, 2.05) is 0 Å². The highest BCUT2D eigenvalue weighted by atomic mass is 16.5. The van der Waals surface area contributed by atoms with Crippen LogP contribution in [0.5, 0.6) is 5.75 Å². The summed E-state index contributed by atoms with van der Waals surface area (Å²) in [5.74, 6) is -1.66. The Morgan fingerprint density at radius 3 is 2.67 bits per heavy atom. The fourth-order valence-corrected chi connectivity index (χ4v) is 1.18. The molecule has 0 aliphatic heterocycles. The van der Waals surface area contributed by atoms with Crippen molar-refractivity contribution in [3.05, 3.63) is 34.5 Å². The maximum atomic E-state index is 11.7. The lowest BCUT2D eigenvalue weighted by Gasteiger charge is -2.01. The lowest BCUT2D eigenvalue weighted by molar-refractivity contribution is -0.152. The van der Waals surface area contributed by atoms with Gasteiger partial charge in [0.15, 0.2) is 0 Å². The van der Waals surface area contributed by atoms with E-state index in [4.69, 9.17) is 4.74 Å². The van der Waals surface area contributed by atoms with Gasteiger partial charge in [-0.2, -0.15) is 0 Å². The Morgan fingerprint density at radius 2 is 2.06 bits per heavy atom. The van der Waals surface area contributed by atoms with Crippen molar-refractivity contribution in [2.45, 2.75) is 6.92 Å². The largest absolute Gasteiger partial charge is 0.497 e. The molecule has 0 saturated heterocycles. The number of carbonyl (C=O) groups excluding carboxylic acids is 2. The molecular formula is C12H13NO5. The van der Waals surface area contributed by atoms with Crippen molar-refractivity contribution < 1.29 is 19.1 Å². The summed E-state index contributed by atoms with van der Waals surface area (Å²) >= 11 is 0. The van der Waals surface area contributed by atoms with E-state index in [1.54, 1.807) is 13.0 Å². The second-order valence-electron chi connectivity index (χ2n) is 3.23. The molecule has 0 fully saturated rings. The average Bonchev–Trinajstić information content (AvgIpc) is 2.52. The fourth-order valence-electron chi connectivity index (χ4n) is 1.18. The van der Waals surface area contributed by atoms with Crippen molar-refractivity contribution in [2.24, 2.45) is 0 Å². The third kappa shape index (κ3) is 3.58. The van der Waals surface area contributed by atoms with Crippen molar-refractivity contribution in [1.29, 1.82) is 0 Å². The molecule has 0 bridgehead atoms. The molecule has 18 heavy (non-hydrogen) atoms. The van der Waals surface area contributed by atoms with Gasteiger partial charge in [-0.05, 0) is 19.1 Å². The first-order chi connectivity index (χ1) is 8.58. The molecule has 0 spiro atoms. The molecule has 1 rings (SSSR count). The van der Waals surface area contributed by atoms with Crippen LogP contribution in [0.25, 0.3) is 0 Å². The van der Waals surface area contributed by atoms with Gasteiger partial charge in [0.05, 0.1) is 19.4 Å². The average molecular weight is 251 g/mol. The van der Waals surface area contributed by atoms with Gasteiger partial charge in [-0.15, -0.1) is 0 Å². The van der Waals surface area contributed by atoms with Gasteiger partial charge in [0, 0.05) is 6.07 Å². The van der Waals surface area contributed by atoms with E-state index in [0.717, 1.165) is 0 Å². The van der Waals surface area contributed by atoms with Gasteiger partial charge in [0.2, 0.25) is 5.43 Å². The monoisotopic (exact) mass is 251 g/mol. The molecule has 6 heteroatoms. The van der Waals surface area contributed by atoms with Gasteiger partial charge in [0.25, 0.3) is 0 Å². The predicted octanol–water partition coefficient (Wildman–Crippen LogP) is 0.557. The molecule has 0 radical (unpaired) electrons. The molecular weight excluding hydrogens is 238 g/mol. The SMILES string of the molecule is CCOC(=O)C(=O)Nc1cccc(OC)cc1=O. The zero-order valence-electron chi connectivity index (χ0n) is 10.1. The second kappa shape index (κ2) is 6.39. The molecule has 1 amide bonds. The van der Waals surface area contributed by atoms with Crippen molar-refractivity contribution in [3.8, 4) is 5.75 Å². The highest BCUT2D eigenvalue weighted by Gasteiger charge is 2.15. The Labute approximate surface area is 104 Å². The number of hydrogen-bond donors (Lipinski definition) is 1. The van der Waals surface area contributed by atoms with Crippen LogP contribution >= 0.6 is 0 Å². The van der Waals surface area contributed by atoms with Gasteiger partial charge in [-0.1, -0.05) is 6.07 Å². The number of amides is 1. The minimum atomic E-state index is -1.03. The summed E-state index contributed by atoms with van der Waals surface area (Å²) in [6, 6.07) is 5.67. The number of esters is 1. The van der Waals surface area contributed by atoms with E-state index < -0.39 is 17.3 Å². The first kappa shape index (κ1) is 13.7. The maximum absolute atomic E-state index is 11.7. The quantitative estimate of drug-likeness (QED) is 0.627. The molecule has 0 aliphatic carbocycles. The summed E-state index contributed by atoms with van der Waals surface area (Å²) in [7, 11) is 1.42. The summed E-state index contributed by atoms with van der Waals surface area (Å²) in [5, 5.41) is 2.18. The Balaban J connectivity index is 2.93. The van der Waals surface area contributed by atoms with Crippen LogP contribution in [0.15, 0.2) is 29.1 Å². The Morgan fingerprint density at radius 1 is 1.33 bits per heavy atom. The van der Waals surface area contributed by atoms with Gasteiger partial charge in [0.1, 0.15) is 5.75 Å². The molecule has 1 N–H and O–H groups in total. The van der Waals surface area contributed by atoms with E-state index >= 15 is 0 Å². The number of hydrogen-bond acceptors (Lipinski definition) is 5. The number of carbonyl (C=O) groups is 2. The van der Waals surface area contributed by atoms with E-state index in [9.17, 15) is 14.4 Å². The predicted molar refractivity (Wildman–Crippen MR) is 64.5 cm³/mol. The maximum Gasteiger partial charge on any atom is 0.397 e. The molecule has 6 nitrogen and oxygen atoms in total. The number of methoxy groups -OCH3 is 1. The third-order valence-electron chi connectivity index (χ3n) is 2.01. The van der Waals surface area contributed by atoms with Gasteiger partial charge >= 0.3 is 11.9 Å². The molecule has 1 aromatic rings. The minimum absolute atomic E-state index is 0.0173. The zero-order chi connectivity index (χ0) is 13.5. The van der Waals surface area contributed by atoms with E-state index in [0.29, 0.717) is 5.75 Å². The van der Waals surface area contributed by atoms with Crippen LogP contribution in [0.1, 0.15) is 6.92 Å². The van der Waals surface area contributed by atoms with E-state index in [1.165, 1.54) is 25.3 Å². The summed E-state index contributed by atoms with van der Waals surface area (Å²) in [4.78, 5) is 34.1. The van der Waals surface area contributed by atoms with Gasteiger partial charge < -0.3 is 14.8 Å². The highest BCUT2D eigenvalue weighted by Crippen LogP contribution is 2.07. The first-order valence-electron chi connectivity index (χ1n) is 5.25. The molecule has 0 heterocycles. The van der Waals surface area contributed by atoms with Gasteiger partial charge in [-0.25, -0.2) is 4.79 Å². The lowest BCUT2D eigenvalue weighted by atomic mass is 10.4. The Kier molecular flexibility index (Phi) is 4.86. The smallest absolute Gasteiger partial charge is 0.397 e. The van der Waals surface area contributed by atoms with E-state index in [-0.39, 0.29) is 12.3 Å². The second-order valence-corrected chi connectivity index (χ2v) is 3.23. The molecule has 96 valence electrons. The highest BCUT2D eigenvalue weighted by molar-refractivity contribution is 6.37. The van der Waals surface area contributed by atoms with E-state index in [2.05, 4.69) is 10.1 Å². The van der Waals surface area contributed by atoms with Crippen molar-refractivity contribution in [3.63, 3.8) is 0 Å². The van der Waals surface area contributed by atoms with Crippen molar-refractivity contribution in [1.82, 2.24) is 0 Å². The molecule has 0 saturated carbocycles. The van der Waals surface area contributed by atoms with Gasteiger partial charge in [-0.3, -0.25) is 9.59 Å². The summed E-state index contributed by atoms with van der Waals surface area (Å²) in [5.41, 5.74) is -0.481. The number of rotatable bonds is 3. The molecule has 0 atom stereocenters. The zero-order valence-corrected chi connectivity index (χ0v) is 10.1. The molecule has 0 unspecified atom stereocenters. The van der Waals surface area contributed by atoms with Crippen molar-refractivity contribution in [2.75, 3.05) is 19.0 Å². The number of ether oxygens (including phenoxy) is 2. The number of anilines is 1. The topological polar surface area (TPSA) is 81.7 Å². The molecule has 0 aromatic heterocycles. The standard InChI is InChI=1S/C12H13NO5/c1-3-18-12(16)11(15)13-9-6-4-5-8(17-2)7-10(9)14/h4-7H,3H2,1-2H3,(H,13,14,15).